The monoisotopic (exact) mass is 365 g/mol. The van der Waals surface area contributed by atoms with E-state index in [1.54, 1.807) is 0 Å². The van der Waals surface area contributed by atoms with Crippen LogP contribution in [0.4, 0.5) is 0 Å². The number of H-pyrrole nitrogens is 2. The van der Waals surface area contributed by atoms with Crippen LogP contribution in [0, 0.1) is 13.8 Å². The minimum atomic E-state index is -0.766. The summed E-state index contributed by atoms with van der Waals surface area (Å²) in [5.41, 5.74) is 6.40. The Labute approximate surface area is 154 Å². The average molecular weight is 365 g/mol. The normalized spacial score (nSPS) is 14.9. The van der Waals surface area contributed by atoms with E-state index in [0.717, 1.165) is 51.5 Å². The molecule has 5 rings (SSSR count). The standard InChI is InChI=1S/C20H19N3O2S/c1-10-3-6-16(25-10)19(24)12-4-5-15-14(9-12)20-18(21-15)17-13(7-8-26-20)11(2)22-23-17/h3-6,9,19,21,24H,7-8H2,1-2H3,(H,22,23). The molecule has 0 spiro atoms. The molecule has 1 atom stereocenters. The summed E-state index contributed by atoms with van der Waals surface area (Å²) in [5, 5.41) is 19.5. The van der Waals surface area contributed by atoms with Gasteiger partial charge in [0, 0.05) is 32.8 Å². The molecule has 0 radical (unpaired) electrons. The molecule has 0 amide bonds. The third kappa shape index (κ3) is 2.33. The molecule has 132 valence electrons. The number of fused-ring (bicyclic) bond motifs is 5. The largest absolute Gasteiger partial charge is 0.463 e. The SMILES string of the molecule is Cc1ccc(C(O)c2ccc3[nH]c4c(c3c2)SCCc2c-4n[nH]c2C)o1. The molecule has 26 heavy (non-hydrogen) atoms. The van der Waals surface area contributed by atoms with Gasteiger partial charge < -0.3 is 14.5 Å². The van der Waals surface area contributed by atoms with Crippen LogP contribution >= 0.6 is 11.8 Å². The topological polar surface area (TPSA) is 77.8 Å². The molecule has 0 fully saturated rings. The highest BCUT2D eigenvalue weighted by atomic mass is 32.2. The summed E-state index contributed by atoms with van der Waals surface area (Å²) in [6, 6.07) is 9.73. The minimum Gasteiger partial charge on any atom is -0.463 e. The highest BCUT2D eigenvalue weighted by Gasteiger charge is 2.24. The van der Waals surface area contributed by atoms with Crippen molar-refractivity contribution < 1.29 is 9.52 Å². The van der Waals surface area contributed by atoms with Gasteiger partial charge in [0.15, 0.2) is 0 Å². The van der Waals surface area contributed by atoms with E-state index in [-0.39, 0.29) is 0 Å². The lowest BCUT2D eigenvalue weighted by atomic mass is 10.0. The fraction of sp³-hybridized carbons (Fsp3) is 0.250. The smallest absolute Gasteiger partial charge is 0.137 e. The van der Waals surface area contributed by atoms with Gasteiger partial charge in [-0.15, -0.1) is 11.8 Å². The van der Waals surface area contributed by atoms with Crippen molar-refractivity contribution in [3.63, 3.8) is 0 Å². The number of hydrogen-bond donors (Lipinski definition) is 3. The molecule has 1 aromatic carbocycles. The van der Waals surface area contributed by atoms with Crippen LogP contribution in [0.3, 0.4) is 0 Å². The number of nitrogens with one attached hydrogen (secondary N) is 2. The number of furan rings is 1. The molecule has 0 bridgehead atoms. The Kier molecular flexibility index (Phi) is 3.52. The van der Waals surface area contributed by atoms with E-state index in [2.05, 4.69) is 28.2 Å². The minimum absolute atomic E-state index is 0.571. The number of aromatic amines is 2. The van der Waals surface area contributed by atoms with Crippen LogP contribution in [0.5, 0.6) is 0 Å². The van der Waals surface area contributed by atoms with Gasteiger partial charge in [-0.1, -0.05) is 6.07 Å². The van der Waals surface area contributed by atoms with E-state index < -0.39 is 6.10 Å². The first-order valence-electron chi connectivity index (χ1n) is 8.69. The Bertz CT molecular complexity index is 1120. The van der Waals surface area contributed by atoms with Crippen LogP contribution < -0.4 is 0 Å². The molecular formula is C20H19N3O2S. The van der Waals surface area contributed by atoms with Gasteiger partial charge in [-0.3, -0.25) is 5.10 Å². The van der Waals surface area contributed by atoms with Gasteiger partial charge in [0.2, 0.25) is 0 Å². The van der Waals surface area contributed by atoms with Crippen LogP contribution in [-0.4, -0.2) is 26.0 Å². The number of hydrogen-bond acceptors (Lipinski definition) is 4. The number of aliphatic hydroxyl groups is 1. The van der Waals surface area contributed by atoms with E-state index in [9.17, 15) is 5.11 Å². The molecule has 6 heteroatoms. The number of thioether (sulfide) groups is 1. The van der Waals surface area contributed by atoms with Crippen molar-refractivity contribution in [2.45, 2.75) is 31.3 Å². The Morgan fingerprint density at radius 1 is 1.23 bits per heavy atom. The number of nitrogens with zero attached hydrogens (tertiary/aromatic N) is 1. The summed E-state index contributed by atoms with van der Waals surface area (Å²) in [7, 11) is 0. The fourth-order valence-electron chi connectivity index (χ4n) is 3.66. The van der Waals surface area contributed by atoms with Gasteiger partial charge in [-0.2, -0.15) is 5.10 Å². The first-order chi connectivity index (χ1) is 12.6. The maximum atomic E-state index is 10.7. The molecule has 0 saturated carbocycles. The maximum absolute atomic E-state index is 10.7. The highest BCUT2D eigenvalue weighted by Crippen LogP contribution is 2.42. The molecule has 0 saturated heterocycles. The number of benzene rings is 1. The molecule has 0 aliphatic carbocycles. The molecule has 1 unspecified atom stereocenters. The summed E-state index contributed by atoms with van der Waals surface area (Å²) < 4.78 is 5.60. The van der Waals surface area contributed by atoms with E-state index in [1.807, 2.05) is 43.0 Å². The lowest BCUT2D eigenvalue weighted by Gasteiger charge is -2.09. The van der Waals surface area contributed by atoms with Crippen molar-refractivity contribution in [2.75, 3.05) is 5.75 Å². The predicted octanol–water partition coefficient (Wildman–Crippen LogP) is 4.50. The van der Waals surface area contributed by atoms with Crippen molar-refractivity contribution in [3.8, 4) is 11.4 Å². The van der Waals surface area contributed by atoms with Gasteiger partial charge in [-0.05, 0) is 50.1 Å². The van der Waals surface area contributed by atoms with Crippen molar-refractivity contribution in [1.29, 1.82) is 0 Å². The molecule has 4 heterocycles. The second kappa shape index (κ2) is 5.79. The van der Waals surface area contributed by atoms with Crippen LogP contribution in [0.2, 0.25) is 0 Å². The zero-order valence-corrected chi connectivity index (χ0v) is 15.4. The number of aromatic nitrogens is 3. The molecule has 1 aliphatic rings. The summed E-state index contributed by atoms with van der Waals surface area (Å²) in [5.74, 6) is 2.38. The summed E-state index contributed by atoms with van der Waals surface area (Å²) in [6.07, 6.45) is 0.234. The van der Waals surface area contributed by atoms with Crippen molar-refractivity contribution in [2.24, 2.45) is 0 Å². The molecule has 5 nitrogen and oxygen atoms in total. The second-order valence-corrected chi connectivity index (χ2v) is 7.86. The lowest BCUT2D eigenvalue weighted by molar-refractivity contribution is 0.188. The van der Waals surface area contributed by atoms with Crippen LogP contribution in [-0.2, 0) is 6.42 Å². The van der Waals surface area contributed by atoms with E-state index in [0.29, 0.717) is 5.76 Å². The number of aliphatic hydroxyl groups excluding tert-OH is 1. The Morgan fingerprint density at radius 2 is 2.12 bits per heavy atom. The molecule has 3 aromatic heterocycles. The van der Waals surface area contributed by atoms with Gasteiger partial charge >= 0.3 is 0 Å². The van der Waals surface area contributed by atoms with Crippen molar-refractivity contribution in [3.05, 3.63) is 58.7 Å². The third-order valence-electron chi connectivity index (χ3n) is 5.03. The highest BCUT2D eigenvalue weighted by molar-refractivity contribution is 7.99. The van der Waals surface area contributed by atoms with Gasteiger partial charge in [0.25, 0.3) is 0 Å². The molecule has 4 aromatic rings. The quantitative estimate of drug-likeness (QED) is 0.489. The van der Waals surface area contributed by atoms with E-state index in [1.165, 1.54) is 10.5 Å². The Balaban J connectivity index is 1.65. The first kappa shape index (κ1) is 15.8. The number of rotatable bonds is 2. The van der Waals surface area contributed by atoms with Gasteiger partial charge in [0.1, 0.15) is 23.3 Å². The van der Waals surface area contributed by atoms with Crippen molar-refractivity contribution in [1.82, 2.24) is 15.2 Å². The van der Waals surface area contributed by atoms with Crippen molar-refractivity contribution >= 4 is 22.7 Å². The summed E-state index contributed by atoms with van der Waals surface area (Å²) in [6.45, 7) is 3.95. The zero-order valence-electron chi connectivity index (χ0n) is 14.6. The second-order valence-electron chi connectivity index (χ2n) is 6.76. The molecular weight excluding hydrogens is 346 g/mol. The first-order valence-corrected chi connectivity index (χ1v) is 9.67. The fourth-order valence-corrected chi connectivity index (χ4v) is 4.78. The molecule has 1 aliphatic heterocycles. The number of aryl methyl sites for hydroxylation is 2. The Morgan fingerprint density at radius 3 is 2.92 bits per heavy atom. The lowest BCUT2D eigenvalue weighted by Crippen LogP contribution is -1.97. The van der Waals surface area contributed by atoms with Crippen LogP contribution in [0.15, 0.2) is 39.6 Å². The van der Waals surface area contributed by atoms with E-state index in [4.69, 9.17) is 4.42 Å². The predicted molar refractivity (Wildman–Crippen MR) is 103 cm³/mol. The Hall–Kier alpha value is -2.44. The van der Waals surface area contributed by atoms with E-state index >= 15 is 0 Å². The third-order valence-corrected chi connectivity index (χ3v) is 6.15. The molecule has 3 N–H and O–H groups in total. The van der Waals surface area contributed by atoms with Gasteiger partial charge in [0.05, 0.1) is 5.69 Å². The summed E-state index contributed by atoms with van der Waals surface area (Å²) in [4.78, 5) is 4.73. The summed E-state index contributed by atoms with van der Waals surface area (Å²) >= 11 is 1.85. The van der Waals surface area contributed by atoms with Crippen LogP contribution in [0.1, 0.15) is 34.4 Å². The zero-order chi connectivity index (χ0) is 17.8. The maximum Gasteiger partial charge on any atom is 0.137 e. The van der Waals surface area contributed by atoms with Crippen LogP contribution in [0.25, 0.3) is 22.3 Å². The average Bonchev–Trinajstić information content (AvgIpc) is 3.29. The van der Waals surface area contributed by atoms with Gasteiger partial charge in [-0.25, -0.2) is 0 Å².